The summed E-state index contributed by atoms with van der Waals surface area (Å²) < 4.78 is 10.0. The number of ether oxygens (including phenoxy) is 2. The molecule has 2 saturated carbocycles. The van der Waals surface area contributed by atoms with Crippen molar-refractivity contribution in [3.63, 3.8) is 0 Å². The van der Waals surface area contributed by atoms with E-state index in [1.54, 1.807) is 48.5 Å². The molecule has 0 aromatic heterocycles. The highest BCUT2D eigenvalue weighted by Gasteiger charge is 2.46. The highest BCUT2D eigenvalue weighted by Crippen LogP contribution is 2.39. The van der Waals surface area contributed by atoms with Crippen LogP contribution in [0.2, 0.25) is 0 Å². The molecule has 0 saturated heterocycles. The fourth-order valence-corrected chi connectivity index (χ4v) is 3.98. The molecule has 2 rings (SSSR count). The summed E-state index contributed by atoms with van der Waals surface area (Å²) in [5.74, 6) is -1.10. The molecule has 9 heteroatoms. The van der Waals surface area contributed by atoms with E-state index in [1.165, 1.54) is 0 Å². The van der Waals surface area contributed by atoms with E-state index < -0.39 is 16.7 Å². The van der Waals surface area contributed by atoms with E-state index in [4.69, 9.17) is 21.1 Å². The van der Waals surface area contributed by atoms with Gasteiger partial charge in [-0.05, 0) is 65.0 Å². The maximum atomic E-state index is 12.0. The monoisotopic (exact) mass is 544 g/mol. The van der Waals surface area contributed by atoms with Crippen LogP contribution in [0.1, 0.15) is 100 Å². The third kappa shape index (κ3) is 11.5. The van der Waals surface area contributed by atoms with Gasteiger partial charge < -0.3 is 9.47 Å². The molecule has 0 aromatic carbocycles. The molecule has 0 amide bonds. The fourth-order valence-electron chi connectivity index (χ4n) is 3.98. The predicted octanol–water partition coefficient (Wildman–Crippen LogP) is 5.26. The van der Waals surface area contributed by atoms with Crippen LogP contribution in [-0.4, -0.2) is 47.7 Å². The Kier molecular flexibility index (Phi) is 15.1. The molecule has 0 bridgehead atoms. The van der Waals surface area contributed by atoms with E-state index in [0.29, 0.717) is 58.2 Å². The molecule has 0 spiro atoms. The quantitative estimate of drug-likeness (QED) is 0.242. The lowest BCUT2D eigenvalue weighted by molar-refractivity contribution is -0.160. The van der Waals surface area contributed by atoms with Crippen LogP contribution in [0.15, 0.2) is 0 Å². The Morgan fingerprint density at radius 3 is 1.59 bits per heavy atom. The Morgan fingerprint density at radius 1 is 0.811 bits per heavy atom. The zero-order chi connectivity index (χ0) is 29.0. The Morgan fingerprint density at radius 2 is 1.22 bits per heavy atom. The largest absolute Gasteiger partial charge is 0.466 e. The Hall–Kier alpha value is -2.09. The third-order valence-electron chi connectivity index (χ3n) is 6.78. The number of halogens is 1. The van der Waals surface area contributed by atoms with Crippen LogP contribution in [0.3, 0.4) is 0 Å². The lowest BCUT2D eigenvalue weighted by Gasteiger charge is -2.35. The van der Waals surface area contributed by atoms with E-state index in [-0.39, 0.29) is 46.4 Å². The number of hydrogen-bond donors (Lipinski definition) is 0. The maximum Gasteiger partial charge on any atom is 0.311 e. The van der Waals surface area contributed by atoms with Crippen LogP contribution in [-0.2, 0) is 38.2 Å². The van der Waals surface area contributed by atoms with Gasteiger partial charge in [-0.1, -0.05) is 27.7 Å². The summed E-state index contributed by atoms with van der Waals surface area (Å²) in [6.45, 7) is 15.1. The molecule has 0 radical (unpaired) electrons. The van der Waals surface area contributed by atoms with Crippen LogP contribution in [0, 0.1) is 28.6 Å². The van der Waals surface area contributed by atoms with Gasteiger partial charge in [0, 0.05) is 31.1 Å². The van der Waals surface area contributed by atoms with Crippen molar-refractivity contribution in [3.8, 4) is 0 Å². The number of carbonyl (C=O) groups is 6. The van der Waals surface area contributed by atoms with Crippen molar-refractivity contribution >= 4 is 46.1 Å². The highest BCUT2D eigenvalue weighted by molar-refractivity contribution is 6.63. The minimum absolute atomic E-state index is 0.0216. The van der Waals surface area contributed by atoms with Gasteiger partial charge in [0.05, 0.1) is 30.0 Å². The van der Waals surface area contributed by atoms with Gasteiger partial charge in [-0.3, -0.25) is 28.8 Å². The average Bonchev–Trinajstić information content (AvgIpc) is 2.83. The van der Waals surface area contributed by atoms with E-state index in [1.807, 2.05) is 6.92 Å². The fraction of sp³-hybridized carbons (Fsp3) is 0.786. The normalized spacial score (nSPS) is 22.7. The Labute approximate surface area is 226 Å². The van der Waals surface area contributed by atoms with Gasteiger partial charge in [-0.2, -0.15) is 0 Å². The van der Waals surface area contributed by atoms with Gasteiger partial charge in [-0.25, -0.2) is 0 Å². The van der Waals surface area contributed by atoms with Crippen LogP contribution >= 0.6 is 11.6 Å². The number of carbonyl (C=O) groups excluding carboxylic acids is 6. The molecule has 2 unspecified atom stereocenters. The molecule has 0 aromatic rings. The number of Topliss-reactive ketones (excluding diaryl/α,β-unsaturated/α-hetero) is 3. The number of esters is 2. The first-order valence-corrected chi connectivity index (χ1v) is 13.5. The zero-order valence-electron chi connectivity index (χ0n) is 23.7. The molecular formula is C28H45ClO8. The first-order chi connectivity index (χ1) is 17.0. The van der Waals surface area contributed by atoms with Crippen LogP contribution < -0.4 is 0 Å². The second-order valence-corrected chi connectivity index (χ2v) is 11.2. The van der Waals surface area contributed by atoms with E-state index in [9.17, 15) is 28.8 Å². The number of ketones is 3. The van der Waals surface area contributed by atoms with Crippen LogP contribution in [0.25, 0.3) is 0 Å². The second kappa shape index (κ2) is 16.0. The molecule has 2 fully saturated rings. The zero-order valence-corrected chi connectivity index (χ0v) is 24.5. The molecule has 2 aliphatic rings. The lowest BCUT2D eigenvalue weighted by Crippen LogP contribution is -2.42. The van der Waals surface area contributed by atoms with Crippen LogP contribution in [0.5, 0.6) is 0 Å². The maximum absolute atomic E-state index is 12.0. The standard InChI is InChI=1S/C14H22O4.C10H16O3.C4H7ClO/c1-5-18-13(17)14(4)7-6-11(15)10(8-14)12(16)9(2)3;1-3-13-9(12)10(2)6-4-8(11)5-7-10;1-3(2)4(5)6/h9-10H,5-8H2,1-4H3;3-7H2,1-2H3;3H,1-2H3. The first-order valence-electron chi connectivity index (χ1n) is 13.2. The van der Waals surface area contributed by atoms with Gasteiger partial charge >= 0.3 is 11.9 Å². The summed E-state index contributed by atoms with van der Waals surface area (Å²) >= 11 is 4.97. The van der Waals surface area contributed by atoms with E-state index >= 15 is 0 Å². The van der Waals surface area contributed by atoms with Crippen molar-refractivity contribution in [1.29, 1.82) is 0 Å². The molecule has 212 valence electrons. The number of rotatable bonds is 7. The lowest BCUT2D eigenvalue weighted by atomic mass is 9.68. The first kappa shape index (κ1) is 34.9. The molecule has 2 aliphatic carbocycles. The summed E-state index contributed by atoms with van der Waals surface area (Å²) in [6.07, 6.45) is 3.40. The van der Waals surface area contributed by atoms with Gasteiger partial charge in [-0.15, -0.1) is 0 Å². The highest BCUT2D eigenvalue weighted by atomic mass is 35.5. The minimum Gasteiger partial charge on any atom is -0.466 e. The van der Waals surface area contributed by atoms with Crippen molar-refractivity contribution in [1.82, 2.24) is 0 Å². The SMILES string of the molecule is CC(C)C(=O)Cl.CCOC(=O)C1(C)CCC(=O)C(C(=O)C(C)C)C1.CCOC(=O)C1(C)CCC(=O)CC1. The van der Waals surface area contributed by atoms with Crippen molar-refractivity contribution in [2.45, 2.75) is 100 Å². The smallest absolute Gasteiger partial charge is 0.311 e. The van der Waals surface area contributed by atoms with Gasteiger partial charge in [0.15, 0.2) is 0 Å². The molecule has 0 N–H and O–H groups in total. The summed E-state index contributed by atoms with van der Waals surface area (Å²) in [5, 5.41) is -0.269. The topological polar surface area (TPSA) is 121 Å². The summed E-state index contributed by atoms with van der Waals surface area (Å²) in [6, 6.07) is 0. The van der Waals surface area contributed by atoms with Gasteiger partial charge in [0.2, 0.25) is 5.24 Å². The molecule has 2 atom stereocenters. The molecule has 37 heavy (non-hydrogen) atoms. The van der Waals surface area contributed by atoms with Gasteiger partial charge in [0.1, 0.15) is 17.3 Å². The molecule has 0 heterocycles. The Balaban J connectivity index is 0.000000594. The van der Waals surface area contributed by atoms with Crippen LogP contribution in [0.4, 0.5) is 0 Å². The van der Waals surface area contributed by atoms with Crippen molar-refractivity contribution in [3.05, 3.63) is 0 Å². The third-order valence-corrected chi connectivity index (χ3v) is 7.22. The second-order valence-electron chi connectivity index (χ2n) is 10.8. The predicted molar refractivity (Wildman–Crippen MR) is 141 cm³/mol. The molecule has 8 nitrogen and oxygen atoms in total. The summed E-state index contributed by atoms with van der Waals surface area (Å²) in [4.78, 5) is 68.1. The number of hydrogen-bond acceptors (Lipinski definition) is 8. The Bertz CT molecular complexity index is 822. The summed E-state index contributed by atoms with van der Waals surface area (Å²) in [5.41, 5.74) is -1.11. The van der Waals surface area contributed by atoms with Crippen molar-refractivity contribution in [2.24, 2.45) is 28.6 Å². The molecule has 0 aliphatic heterocycles. The van der Waals surface area contributed by atoms with E-state index in [2.05, 4.69) is 0 Å². The van der Waals surface area contributed by atoms with Crippen molar-refractivity contribution < 1.29 is 38.2 Å². The average molecular weight is 545 g/mol. The summed E-state index contributed by atoms with van der Waals surface area (Å²) in [7, 11) is 0. The van der Waals surface area contributed by atoms with E-state index in [0.717, 1.165) is 0 Å². The van der Waals surface area contributed by atoms with Gasteiger partial charge in [0.25, 0.3) is 0 Å². The molecular weight excluding hydrogens is 500 g/mol. The van der Waals surface area contributed by atoms with Crippen molar-refractivity contribution in [2.75, 3.05) is 13.2 Å². The minimum atomic E-state index is -0.695.